The second kappa shape index (κ2) is 10.5. The second-order valence-corrected chi connectivity index (χ2v) is 13.4. The summed E-state index contributed by atoms with van der Waals surface area (Å²) in [4.78, 5) is 13.0. The minimum Gasteiger partial charge on any atom is -0.457 e. The molecule has 9 nitrogen and oxygen atoms in total. The number of sulfone groups is 1. The van der Waals surface area contributed by atoms with Crippen LogP contribution in [0.1, 0.15) is 38.3 Å². The first-order valence-corrected chi connectivity index (χ1v) is 14.7. The number of benzene rings is 1. The first-order valence-electron chi connectivity index (χ1n) is 13.1. The van der Waals surface area contributed by atoms with E-state index < -0.39 is 15.1 Å². The first-order chi connectivity index (χ1) is 18.5. The Hall–Kier alpha value is -3.63. The van der Waals surface area contributed by atoms with Crippen molar-refractivity contribution in [3.8, 4) is 5.75 Å². The zero-order valence-corrected chi connectivity index (χ0v) is 23.5. The summed E-state index contributed by atoms with van der Waals surface area (Å²) in [5.74, 6) is 1.10. The van der Waals surface area contributed by atoms with Crippen LogP contribution in [0.25, 0.3) is 0 Å². The summed E-state index contributed by atoms with van der Waals surface area (Å²) in [6, 6.07) is 5.48. The maximum atomic E-state index is 13.2. The lowest BCUT2D eigenvalue weighted by Gasteiger charge is -2.26. The minimum atomic E-state index is -3.44. The highest BCUT2D eigenvalue weighted by Gasteiger charge is 2.33. The van der Waals surface area contributed by atoms with E-state index >= 15 is 0 Å². The molecular weight excluding hydrogens is 514 g/mol. The third-order valence-corrected chi connectivity index (χ3v) is 9.23. The molecule has 2 atom stereocenters. The number of hydrogen-bond donors (Lipinski definition) is 3. The summed E-state index contributed by atoms with van der Waals surface area (Å²) in [5, 5.41) is 13.2. The number of amides is 1. The number of fused-ring (bicyclic) bond motifs is 1. The summed E-state index contributed by atoms with van der Waals surface area (Å²) in [6.45, 7) is 9.25. The summed E-state index contributed by atoms with van der Waals surface area (Å²) >= 11 is 0. The van der Waals surface area contributed by atoms with Crippen LogP contribution in [0.2, 0.25) is 0 Å². The fraction of sp³-hybridized carbons (Fsp3) is 0.379. The van der Waals surface area contributed by atoms with Crippen molar-refractivity contribution in [3.05, 3.63) is 88.5 Å². The summed E-state index contributed by atoms with van der Waals surface area (Å²) in [7, 11) is -3.44. The monoisotopic (exact) mass is 549 g/mol. The molecule has 1 fully saturated rings. The van der Waals surface area contributed by atoms with Crippen molar-refractivity contribution in [2.75, 3.05) is 18.4 Å². The molecule has 0 bridgehead atoms. The molecule has 2 unspecified atom stereocenters. The third-order valence-electron chi connectivity index (χ3n) is 7.04. The van der Waals surface area contributed by atoms with Crippen LogP contribution < -0.4 is 20.7 Å². The van der Waals surface area contributed by atoms with E-state index in [1.807, 2.05) is 62.8 Å². The highest BCUT2D eigenvalue weighted by molar-refractivity contribution is 7.96. The smallest absolute Gasteiger partial charge is 0.228 e. The molecule has 5 rings (SSSR count). The Balaban J connectivity index is 1.30. The zero-order chi connectivity index (χ0) is 27.8. The van der Waals surface area contributed by atoms with Crippen molar-refractivity contribution in [1.82, 2.24) is 20.4 Å². The van der Waals surface area contributed by atoms with E-state index in [0.717, 1.165) is 16.7 Å². The van der Waals surface area contributed by atoms with Gasteiger partial charge in [0, 0.05) is 24.5 Å². The van der Waals surface area contributed by atoms with E-state index in [0.29, 0.717) is 41.6 Å². The standard InChI is InChI=1S/C29H35N5O4S/c1-19-13-20(14-28(35)33-21-16-32-34(18-21)29(2,3)4)5-8-26(19)38-27-10-12-31-25-7-6-22(15-24(25)27)39(36,37)23-9-11-30-17-23/h5-8,10,12-13,15-16,18,23,25,30-31H,9,11,14,17H2,1-4H3,(H,33,35). The maximum absolute atomic E-state index is 13.2. The molecule has 1 aliphatic carbocycles. The number of carbonyl (C=O) groups is 1. The Morgan fingerprint density at radius 3 is 2.77 bits per heavy atom. The quantitative estimate of drug-likeness (QED) is 0.485. The van der Waals surface area contributed by atoms with Crippen LogP contribution in [0.3, 0.4) is 0 Å². The van der Waals surface area contributed by atoms with Gasteiger partial charge in [-0.25, -0.2) is 8.42 Å². The van der Waals surface area contributed by atoms with Crippen molar-refractivity contribution < 1.29 is 17.9 Å². The van der Waals surface area contributed by atoms with E-state index in [2.05, 4.69) is 21.0 Å². The Kier molecular flexibility index (Phi) is 7.26. The lowest BCUT2D eigenvalue weighted by molar-refractivity contribution is -0.115. The van der Waals surface area contributed by atoms with Gasteiger partial charge in [0.15, 0.2) is 9.84 Å². The predicted octanol–water partition coefficient (Wildman–Crippen LogP) is 3.48. The molecule has 2 aliphatic heterocycles. The van der Waals surface area contributed by atoms with E-state index in [1.165, 1.54) is 0 Å². The molecule has 1 aromatic carbocycles. The molecular formula is C29H35N5O4S. The van der Waals surface area contributed by atoms with Crippen molar-refractivity contribution in [2.24, 2.45) is 0 Å². The molecule has 10 heteroatoms. The number of allylic oxidation sites excluding steroid dienone is 2. The number of nitrogens with zero attached hydrogens (tertiary/aromatic N) is 2. The predicted molar refractivity (Wildman–Crippen MR) is 152 cm³/mol. The largest absolute Gasteiger partial charge is 0.457 e. The summed E-state index contributed by atoms with van der Waals surface area (Å²) in [6.07, 6.45) is 13.2. The number of aryl methyl sites for hydroxylation is 1. The van der Waals surface area contributed by atoms with Gasteiger partial charge in [0.1, 0.15) is 11.5 Å². The Bertz CT molecular complexity index is 1500. The molecule has 1 amide bonds. The van der Waals surface area contributed by atoms with Gasteiger partial charge in [-0.3, -0.25) is 9.48 Å². The topological polar surface area (TPSA) is 114 Å². The Labute approximate surface area is 229 Å². The normalized spacial score (nSPS) is 20.9. The SMILES string of the molecule is Cc1cc(CC(=O)Nc2cnn(C(C)(C)C)c2)ccc1OC1=C2C=C(S(=O)(=O)C3CCNC3)C=CC2NC=C1. The molecule has 2 aromatic rings. The van der Waals surface area contributed by atoms with Gasteiger partial charge in [0.2, 0.25) is 5.91 Å². The molecule has 0 spiro atoms. The van der Waals surface area contributed by atoms with Gasteiger partial charge in [-0.1, -0.05) is 18.2 Å². The molecule has 0 radical (unpaired) electrons. The first kappa shape index (κ1) is 27.0. The van der Waals surface area contributed by atoms with Gasteiger partial charge >= 0.3 is 0 Å². The van der Waals surface area contributed by atoms with E-state index in [1.54, 1.807) is 30.6 Å². The van der Waals surface area contributed by atoms with Gasteiger partial charge in [0.25, 0.3) is 0 Å². The fourth-order valence-corrected chi connectivity index (χ4v) is 6.54. The summed E-state index contributed by atoms with van der Waals surface area (Å²) < 4.78 is 34.4. The van der Waals surface area contributed by atoms with Crippen molar-refractivity contribution >= 4 is 21.4 Å². The zero-order valence-electron chi connectivity index (χ0n) is 22.7. The van der Waals surface area contributed by atoms with E-state index in [-0.39, 0.29) is 23.9 Å². The third kappa shape index (κ3) is 5.86. The van der Waals surface area contributed by atoms with Gasteiger partial charge in [-0.2, -0.15) is 5.10 Å². The highest BCUT2D eigenvalue weighted by Crippen LogP contribution is 2.31. The average molecular weight is 550 g/mol. The lowest BCUT2D eigenvalue weighted by atomic mass is 9.98. The van der Waals surface area contributed by atoms with Gasteiger partial charge in [-0.05, 0) is 76.1 Å². The highest BCUT2D eigenvalue weighted by atomic mass is 32.2. The van der Waals surface area contributed by atoms with Crippen LogP contribution in [0.5, 0.6) is 5.75 Å². The van der Waals surface area contributed by atoms with Gasteiger partial charge < -0.3 is 20.7 Å². The average Bonchev–Trinajstić information content (AvgIpc) is 3.58. The van der Waals surface area contributed by atoms with Crippen LogP contribution in [-0.4, -0.2) is 48.5 Å². The lowest BCUT2D eigenvalue weighted by Crippen LogP contribution is -2.32. The van der Waals surface area contributed by atoms with Crippen LogP contribution in [0.15, 0.2) is 77.3 Å². The fourth-order valence-electron chi connectivity index (χ4n) is 4.83. The van der Waals surface area contributed by atoms with Crippen molar-refractivity contribution in [3.63, 3.8) is 0 Å². The molecule has 3 N–H and O–H groups in total. The number of carbonyl (C=O) groups excluding carboxylic acids is 1. The molecule has 39 heavy (non-hydrogen) atoms. The van der Waals surface area contributed by atoms with Crippen LogP contribution in [0, 0.1) is 6.92 Å². The van der Waals surface area contributed by atoms with Gasteiger partial charge in [0.05, 0.1) is 40.0 Å². The van der Waals surface area contributed by atoms with Crippen LogP contribution >= 0.6 is 0 Å². The van der Waals surface area contributed by atoms with Crippen LogP contribution in [0.4, 0.5) is 5.69 Å². The molecule has 1 aromatic heterocycles. The number of rotatable bonds is 7. The Morgan fingerprint density at radius 1 is 1.26 bits per heavy atom. The molecule has 3 aliphatic rings. The van der Waals surface area contributed by atoms with Crippen molar-refractivity contribution in [2.45, 2.75) is 57.4 Å². The second-order valence-electron chi connectivity index (χ2n) is 11.1. The van der Waals surface area contributed by atoms with Crippen molar-refractivity contribution in [1.29, 1.82) is 0 Å². The number of nitrogens with one attached hydrogen (secondary N) is 3. The number of hydrogen-bond acceptors (Lipinski definition) is 7. The number of anilines is 1. The van der Waals surface area contributed by atoms with E-state index in [4.69, 9.17) is 4.74 Å². The number of dihydropyridines is 1. The Morgan fingerprint density at radius 2 is 2.08 bits per heavy atom. The summed E-state index contributed by atoms with van der Waals surface area (Å²) in [5.41, 5.74) is 2.99. The van der Waals surface area contributed by atoms with E-state index in [9.17, 15) is 13.2 Å². The maximum Gasteiger partial charge on any atom is 0.228 e. The number of aromatic nitrogens is 2. The molecule has 0 saturated carbocycles. The van der Waals surface area contributed by atoms with Crippen LogP contribution in [-0.2, 0) is 26.6 Å². The minimum absolute atomic E-state index is 0.129. The van der Waals surface area contributed by atoms with Gasteiger partial charge in [-0.15, -0.1) is 0 Å². The number of ether oxygens (including phenoxy) is 1. The molecule has 1 saturated heterocycles. The molecule has 206 valence electrons. The molecule has 3 heterocycles.